The fourth-order valence-corrected chi connectivity index (χ4v) is 3.93. The fraction of sp³-hybridized carbons (Fsp3) is 0.389. The predicted octanol–water partition coefficient (Wildman–Crippen LogP) is 3.79. The number of anilines is 2. The second-order valence-corrected chi connectivity index (χ2v) is 7.06. The molecule has 142 valence electrons. The van der Waals surface area contributed by atoms with E-state index in [0.717, 1.165) is 25.7 Å². The first-order valence-corrected chi connectivity index (χ1v) is 9.08. The molecule has 1 aliphatic heterocycles. The summed E-state index contributed by atoms with van der Waals surface area (Å²) in [6.07, 6.45) is 4.09. The predicted molar refractivity (Wildman–Crippen MR) is 99.2 cm³/mol. The molecule has 1 aromatic heterocycles. The van der Waals surface area contributed by atoms with Gasteiger partial charge in [-0.05, 0) is 25.0 Å². The van der Waals surface area contributed by atoms with Gasteiger partial charge in [0, 0.05) is 12.1 Å². The van der Waals surface area contributed by atoms with Crippen LogP contribution in [-0.2, 0) is 0 Å². The summed E-state index contributed by atoms with van der Waals surface area (Å²) in [5.41, 5.74) is 0.171. The number of rotatable bonds is 3. The SMILES string of the molecule is COc1c(Cl)ccc(-c2nc3c(c(C(=O)O)n2)NC2CCCC[C@H]2N3)c1F. The molecule has 1 unspecified atom stereocenters. The molecule has 0 saturated heterocycles. The van der Waals surface area contributed by atoms with Crippen LogP contribution in [-0.4, -0.2) is 40.2 Å². The Labute approximate surface area is 159 Å². The number of fused-ring (bicyclic) bond motifs is 2. The lowest BCUT2D eigenvalue weighted by atomic mass is 9.88. The van der Waals surface area contributed by atoms with Gasteiger partial charge in [0.15, 0.2) is 28.9 Å². The van der Waals surface area contributed by atoms with Gasteiger partial charge in [0.1, 0.15) is 5.69 Å². The van der Waals surface area contributed by atoms with Crippen molar-refractivity contribution in [2.24, 2.45) is 0 Å². The molecule has 1 fully saturated rings. The minimum atomic E-state index is -1.21. The number of carbonyl (C=O) groups is 1. The molecule has 2 aromatic rings. The van der Waals surface area contributed by atoms with Gasteiger partial charge in [0.25, 0.3) is 0 Å². The van der Waals surface area contributed by atoms with Crippen molar-refractivity contribution >= 4 is 29.1 Å². The van der Waals surface area contributed by atoms with Gasteiger partial charge in [-0.25, -0.2) is 19.2 Å². The lowest BCUT2D eigenvalue weighted by Gasteiger charge is -2.38. The zero-order valence-corrected chi connectivity index (χ0v) is 15.3. The molecular formula is C18H18ClFN4O3. The van der Waals surface area contributed by atoms with Crippen molar-refractivity contribution in [2.75, 3.05) is 17.7 Å². The van der Waals surface area contributed by atoms with Gasteiger partial charge in [-0.1, -0.05) is 24.4 Å². The topological polar surface area (TPSA) is 96.4 Å². The molecule has 0 bridgehead atoms. The third kappa shape index (κ3) is 3.03. The Kier molecular flexibility index (Phi) is 4.51. The summed E-state index contributed by atoms with van der Waals surface area (Å²) in [6.45, 7) is 0. The number of hydrogen-bond acceptors (Lipinski definition) is 6. The van der Waals surface area contributed by atoms with Crippen LogP contribution in [0.25, 0.3) is 11.4 Å². The normalized spacial score (nSPS) is 20.7. The Morgan fingerprint density at radius 2 is 1.96 bits per heavy atom. The largest absolute Gasteiger partial charge is 0.492 e. The molecule has 2 atom stereocenters. The maximum absolute atomic E-state index is 14.8. The number of aromatic carboxylic acids is 1. The van der Waals surface area contributed by atoms with E-state index in [9.17, 15) is 14.3 Å². The average Bonchev–Trinajstić information content (AvgIpc) is 2.66. The molecule has 4 rings (SSSR count). The first-order valence-electron chi connectivity index (χ1n) is 8.70. The number of hydrogen-bond donors (Lipinski definition) is 3. The molecule has 1 aliphatic carbocycles. The van der Waals surface area contributed by atoms with Crippen LogP contribution in [0.2, 0.25) is 5.02 Å². The monoisotopic (exact) mass is 392 g/mol. The van der Waals surface area contributed by atoms with E-state index in [4.69, 9.17) is 16.3 Å². The number of halogens is 2. The number of ether oxygens (including phenoxy) is 1. The molecule has 2 aliphatic rings. The van der Waals surface area contributed by atoms with Crippen molar-refractivity contribution in [3.05, 3.63) is 28.7 Å². The van der Waals surface area contributed by atoms with Gasteiger partial charge in [0.2, 0.25) is 0 Å². The van der Waals surface area contributed by atoms with Gasteiger partial charge in [-0.3, -0.25) is 0 Å². The molecule has 2 heterocycles. The average molecular weight is 393 g/mol. The summed E-state index contributed by atoms with van der Waals surface area (Å²) in [4.78, 5) is 20.3. The number of carboxylic acid groups (broad SMARTS) is 1. The van der Waals surface area contributed by atoms with Gasteiger partial charge in [-0.15, -0.1) is 0 Å². The van der Waals surface area contributed by atoms with Crippen LogP contribution in [0.3, 0.4) is 0 Å². The summed E-state index contributed by atoms with van der Waals surface area (Å²) in [7, 11) is 1.30. The molecule has 0 spiro atoms. The Balaban J connectivity index is 1.85. The molecule has 9 heteroatoms. The number of nitrogens with zero attached hydrogens (tertiary/aromatic N) is 2. The number of aromatic nitrogens is 2. The van der Waals surface area contributed by atoms with Gasteiger partial charge in [0.05, 0.1) is 17.7 Å². The molecule has 7 nitrogen and oxygen atoms in total. The highest BCUT2D eigenvalue weighted by atomic mass is 35.5. The van der Waals surface area contributed by atoms with Gasteiger partial charge >= 0.3 is 5.97 Å². The third-order valence-electron chi connectivity index (χ3n) is 5.02. The highest BCUT2D eigenvalue weighted by Crippen LogP contribution is 2.38. The Morgan fingerprint density at radius 1 is 1.26 bits per heavy atom. The Bertz CT molecular complexity index is 924. The summed E-state index contributed by atoms with van der Waals surface area (Å²) in [5, 5.41) is 16.3. The van der Waals surface area contributed by atoms with Crippen molar-refractivity contribution in [1.29, 1.82) is 0 Å². The number of nitrogens with one attached hydrogen (secondary N) is 2. The molecule has 27 heavy (non-hydrogen) atoms. The maximum Gasteiger partial charge on any atom is 0.356 e. The van der Waals surface area contributed by atoms with Gasteiger partial charge in [-0.2, -0.15) is 0 Å². The highest BCUT2D eigenvalue weighted by molar-refractivity contribution is 6.32. The fourth-order valence-electron chi connectivity index (χ4n) is 3.71. The van der Waals surface area contributed by atoms with Crippen molar-refractivity contribution in [3.8, 4) is 17.1 Å². The van der Waals surface area contributed by atoms with Crippen molar-refractivity contribution < 1.29 is 19.0 Å². The molecular weight excluding hydrogens is 375 g/mol. The van der Waals surface area contributed by atoms with Crippen LogP contribution < -0.4 is 15.4 Å². The Morgan fingerprint density at radius 3 is 2.63 bits per heavy atom. The lowest BCUT2D eigenvalue weighted by Crippen LogP contribution is -2.46. The van der Waals surface area contributed by atoms with Crippen molar-refractivity contribution in [3.63, 3.8) is 0 Å². The minimum Gasteiger partial charge on any atom is -0.492 e. The van der Waals surface area contributed by atoms with Crippen LogP contribution in [0.4, 0.5) is 15.9 Å². The minimum absolute atomic E-state index is 0.0223. The molecule has 3 N–H and O–H groups in total. The first kappa shape index (κ1) is 17.8. The van der Waals surface area contributed by atoms with E-state index in [0.29, 0.717) is 11.5 Å². The van der Waals surface area contributed by atoms with Crippen molar-refractivity contribution in [2.45, 2.75) is 37.8 Å². The molecule has 1 aromatic carbocycles. The van der Waals surface area contributed by atoms with E-state index in [1.807, 2.05) is 0 Å². The zero-order chi connectivity index (χ0) is 19.1. The summed E-state index contributed by atoms with van der Waals surface area (Å²) in [6, 6.07) is 3.16. The summed E-state index contributed by atoms with van der Waals surface area (Å²) >= 11 is 5.94. The van der Waals surface area contributed by atoms with E-state index >= 15 is 0 Å². The second-order valence-electron chi connectivity index (χ2n) is 6.65. The standard InChI is InChI=1S/C18H18ClFN4O3/c1-27-15-9(19)7-6-8(12(15)20)16-23-14(18(25)26)13-17(24-16)22-11-5-3-2-4-10(11)21-13/h6-7,10-11,21H,2-5H2,1H3,(H,25,26)(H,22,23,24)/t10?,11-/m1/s1. The van der Waals surface area contributed by atoms with Crippen LogP contribution in [0.1, 0.15) is 36.2 Å². The van der Waals surface area contributed by atoms with E-state index in [1.165, 1.54) is 19.2 Å². The van der Waals surface area contributed by atoms with E-state index in [1.54, 1.807) is 0 Å². The first-order chi connectivity index (χ1) is 13.0. The zero-order valence-electron chi connectivity index (χ0n) is 14.6. The number of benzene rings is 1. The summed E-state index contributed by atoms with van der Waals surface area (Å²) in [5.74, 6) is -1.75. The quantitative estimate of drug-likeness (QED) is 0.731. The van der Waals surface area contributed by atoms with Crippen LogP contribution >= 0.6 is 11.6 Å². The van der Waals surface area contributed by atoms with E-state index in [2.05, 4.69) is 20.6 Å². The highest BCUT2D eigenvalue weighted by Gasteiger charge is 2.34. The molecule has 1 saturated carbocycles. The Hall–Kier alpha value is -2.61. The second kappa shape index (κ2) is 6.84. The van der Waals surface area contributed by atoms with Crippen LogP contribution in [0, 0.1) is 5.82 Å². The van der Waals surface area contributed by atoms with Crippen molar-refractivity contribution in [1.82, 2.24) is 9.97 Å². The third-order valence-corrected chi connectivity index (χ3v) is 5.32. The van der Waals surface area contributed by atoms with E-state index in [-0.39, 0.29) is 39.9 Å². The summed E-state index contributed by atoms with van der Waals surface area (Å²) < 4.78 is 19.8. The van der Waals surface area contributed by atoms with Crippen LogP contribution in [0.15, 0.2) is 12.1 Å². The molecule has 0 amide bonds. The smallest absolute Gasteiger partial charge is 0.356 e. The lowest BCUT2D eigenvalue weighted by molar-refractivity contribution is 0.0691. The number of methoxy groups -OCH3 is 1. The van der Waals surface area contributed by atoms with E-state index < -0.39 is 11.8 Å². The number of carboxylic acids is 1. The maximum atomic E-state index is 14.8. The molecule has 0 radical (unpaired) electrons. The van der Waals surface area contributed by atoms with Crippen LogP contribution in [0.5, 0.6) is 5.75 Å². The van der Waals surface area contributed by atoms with Gasteiger partial charge < -0.3 is 20.5 Å².